The van der Waals surface area contributed by atoms with Gasteiger partial charge in [-0.3, -0.25) is 14.4 Å². The Labute approximate surface area is 181 Å². The molecule has 0 aliphatic heterocycles. The summed E-state index contributed by atoms with van der Waals surface area (Å²) >= 11 is 0. The molecule has 0 heterocycles. The van der Waals surface area contributed by atoms with Crippen LogP contribution < -0.4 is 0 Å². The van der Waals surface area contributed by atoms with Crippen molar-refractivity contribution in [3.05, 3.63) is 70.5 Å². The molecule has 0 bridgehead atoms. The number of ketones is 1. The SMILES string of the molecule is O=C(CCC(=O)c1ccc2c(c1)CCC2)OCC(=O)N(Cc1ccccc1F)C1CC1. The molecule has 2 aromatic rings. The number of esters is 1. The molecule has 162 valence electrons. The number of rotatable bonds is 9. The average molecular weight is 423 g/mol. The van der Waals surface area contributed by atoms with Gasteiger partial charge in [0.15, 0.2) is 12.4 Å². The molecule has 5 nitrogen and oxygen atoms in total. The van der Waals surface area contributed by atoms with Crippen molar-refractivity contribution < 1.29 is 23.5 Å². The van der Waals surface area contributed by atoms with E-state index in [1.54, 1.807) is 23.1 Å². The highest BCUT2D eigenvalue weighted by atomic mass is 19.1. The average Bonchev–Trinajstić information content (AvgIpc) is 3.51. The van der Waals surface area contributed by atoms with Crippen LogP contribution in [0.4, 0.5) is 4.39 Å². The Kier molecular flexibility index (Phi) is 6.44. The van der Waals surface area contributed by atoms with E-state index in [0.717, 1.165) is 32.1 Å². The van der Waals surface area contributed by atoms with E-state index in [4.69, 9.17) is 4.74 Å². The number of aryl methyl sites for hydroxylation is 2. The van der Waals surface area contributed by atoms with Gasteiger partial charge < -0.3 is 9.64 Å². The van der Waals surface area contributed by atoms with Crippen LogP contribution in [0, 0.1) is 5.82 Å². The van der Waals surface area contributed by atoms with Gasteiger partial charge in [-0.05, 0) is 55.4 Å². The van der Waals surface area contributed by atoms with Gasteiger partial charge >= 0.3 is 5.97 Å². The van der Waals surface area contributed by atoms with Crippen molar-refractivity contribution in [1.82, 2.24) is 4.90 Å². The summed E-state index contributed by atoms with van der Waals surface area (Å²) in [7, 11) is 0. The summed E-state index contributed by atoms with van der Waals surface area (Å²) in [5.74, 6) is -1.38. The first-order valence-electron chi connectivity index (χ1n) is 10.8. The zero-order chi connectivity index (χ0) is 21.8. The van der Waals surface area contributed by atoms with Crippen LogP contribution in [0.1, 0.15) is 59.2 Å². The lowest BCUT2D eigenvalue weighted by atomic mass is 10.0. The molecule has 0 unspecified atom stereocenters. The third-order valence-electron chi connectivity index (χ3n) is 5.94. The van der Waals surface area contributed by atoms with Crippen molar-refractivity contribution in [2.45, 2.75) is 57.5 Å². The maximum Gasteiger partial charge on any atom is 0.306 e. The summed E-state index contributed by atoms with van der Waals surface area (Å²) in [5, 5.41) is 0. The number of fused-ring (bicyclic) bond motifs is 1. The molecule has 0 spiro atoms. The summed E-state index contributed by atoms with van der Waals surface area (Å²) < 4.78 is 19.1. The fraction of sp³-hybridized carbons (Fsp3) is 0.400. The van der Waals surface area contributed by atoms with Crippen LogP contribution in [0.3, 0.4) is 0 Å². The highest BCUT2D eigenvalue weighted by molar-refractivity contribution is 5.98. The van der Waals surface area contributed by atoms with Crippen LogP contribution in [0.25, 0.3) is 0 Å². The van der Waals surface area contributed by atoms with Crippen molar-refractivity contribution in [3.63, 3.8) is 0 Å². The van der Waals surface area contributed by atoms with E-state index in [-0.39, 0.29) is 42.9 Å². The van der Waals surface area contributed by atoms with Gasteiger partial charge in [0.2, 0.25) is 0 Å². The van der Waals surface area contributed by atoms with Gasteiger partial charge in [-0.2, -0.15) is 0 Å². The number of hydrogen-bond donors (Lipinski definition) is 0. The van der Waals surface area contributed by atoms with E-state index in [1.807, 2.05) is 18.2 Å². The minimum Gasteiger partial charge on any atom is -0.456 e. The molecule has 0 N–H and O–H groups in total. The number of nitrogens with zero attached hydrogens (tertiary/aromatic N) is 1. The minimum atomic E-state index is -0.579. The summed E-state index contributed by atoms with van der Waals surface area (Å²) in [5.41, 5.74) is 3.57. The lowest BCUT2D eigenvalue weighted by Gasteiger charge is -2.22. The van der Waals surface area contributed by atoms with Gasteiger partial charge in [-0.15, -0.1) is 0 Å². The molecule has 1 fully saturated rings. The van der Waals surface area contributed by atoms with Gasteiger partial charge in [-0.25, -0.2) is 4.39 Å². The Hall–Kier alpha value is -3.02. The highest BCUT2D eigenvalue weighted by Gasteiger charge is 2.33. The van der Waals surface area contributed by atoms with Crippen LogP contribution in [0.5, 0.6) is 0 Å². The lowest BCUT2D eigenvalue weighted by molar-refractivity contribution is -0.152. The maximum absolute atomic E-state index is 13.9. The maximum atomic E-state index is 13.9. The Bertz CT molecular complexity index is 999. The molecule has 2 aliphatic rings. The van der Waals surface area contributed by atoms with Crippen LogP contribution >= 0.6 is 0 Å². The molecule has 2 aromatic carbocycles. The van der Waals surface area contributed by atoms with Gasteiger partial charge in [0.05, 0.1) is 6.42 Å². The molecular formula is C25H26FNO4. The van der Waals surface area contributed by atoms with E-state index >= 15 is 0 Å². The monoisotopic (exact) mass is 423 g/mol. The molecule has 31 heavy (non-hydrogen) atoms. The molecule has 6 heteroatoms. The number of hydrogen-bond acceptors (Lipinski definition) is 4. The summed E-state index contributed by atoms with van der Waals surface area (Å²) in [6, 6.07) is 12.1. The van der Waals surface area contributed by atoms with Gasteiger partial charge in [-0.1, -0.05) is 30.3 Å². The zero-order valence-electron chi connectivity index (χ0n) is 17.4. The van der Waals surface area contributed by atoms with Crippen LogP contribution in [0.2, 0.25) is 0 Å². The van der Waals surface area contributed by atoms with E-state index in [9.17, 15) is 18.8 Å². The number of carbonyl (C=O) groups is 3. The molecular weight excluding hydrogens is 397 g/mol. The van der Waals surface area contributed by atoms with Gasteiger partial charge in [0.25, 0.3) is 5.91 Å². The van der Waals surface area contributed by atoms with E-state index < -0.39 is 12.6 Å². The predicted molar refractivity (Wildman–Crippen MR) is 113 cm³/mol. The number of halogens is 1. The molecule has 4 rings (SSSR count). The largest absolute Gasteiger partial charge is 0.456 e. The second-order valence-corrected chi connectivity index (χ2v) is 8.27. The van der Waals surface area contributed by atoms with Crippen molar-refractivity contribution in [2.75, 3.05) is 6.61 Å². The third-order valence-corrected chi connectivity index (χ3v) is 5.94. The third kappa shape index (κ3) is 5.37. The fourth-order valence-electron chi connectivity index (χ4n) is 4.02. The second kappa shape index (κ2) is 9.41. The van der Waals surface area contributed by atoms with E-state index in [0.29, 0.717) is 11.1 Å². The van der Waals surface area contributed by atoms with Gasteiger partial charge in [0.1, 0.15) is 5.82 Å². The predicted octanol–water partition coefficient (Wildman–Crippen LogP) is 4.01. The smallest absolute Gasteiger partial charge is 0.306 e. The first-order chi connectivity index (χ1) is 15.0. The Balaban J connectivity index is 1.25. The number of ether oxygens (including phenoxy) is 1. The first-order valence-corrected chi connectivity index (χ1v) is 10.8. The fourth-order valence-corrected chi connectivity index (χ4v) is 4.02. The Morgan fingerprint density at radius 1 is 1.00 bits per heavy atom. The van der Waals surface area contributed by atoms with Crippen molar-refractivity contribution >= 4 is 17.7 Å². The second-order valence-electron chi connectivity index (χ2n) is 8.27. The number of Topliss-reactive ketones (excluding diaryl/α,β-unsaturated/α-hetero) is 1. The molecule has 1 saturated carbocycles. The normalized spacial score (nSPS) is 14.7. The number of carbonyl (C=O) groups excluding carboxylic acids is 3. The summed E-state index contributed by atoms with van der Waals surface area (Å²) in [6.45, 7) is -0.235. The quantitative estimate of drug-likeness (QED) is 0.452. The summed E-state index contributed by atoms with van der Waals surface area (Å²) in [4.78, 5) is 38.6. The lowest BCUT2D eigenvalue weighted by Crippen LogP contribution is -2.36. The molecule has 0 radical (unpaired) electrons. The molecule has 0 aromatic heterocycles. The Morgan fingerprint density at radius 3 is 2.55 bits per heavy atom. The molecule has 2 aliphatic carbocycles. The van der Waals surface area contributed by atoms with Gasteiger partial charge in [0, 0.05) is 30.1 Å². The van der Waals surface area contributed by atoms with Crippen LogP contribution in [-0.2, 0) is 33.7 Å². The molecule has 0 saturated heterocycles. The standard InChI is InChI=1S/C25H26FNO4/c26-22-7-2-1-4-20(22)15-27(21-10-11-21)24(29)16-31-25(30)13-12-23(28)19-9-8-17-5-3-6-18(17)14-19/h1-2,4,7-9,14,21H,3,5-6,10-13,15-16H2. The van der Waals surface area contributed by atoms with Crippen LogP contribution in [0.15, 0.2) is 42.5 Å². The molecule has 1 amide bonds. The van der Waals surface area contributed by atoms with E-state index in [1.165, 1.54) is 17.2 Å². The topological polar surface area (TPSA) is 63.7 Å². The minimum absolute atomic E-state index is 0.0490. The van der Waals surface area contributed by atoms with Crippen LogP contribution in [-0.4, -0.2) is 35.2 Å². The first kappa shape index (κ1) is 21.2. The van der Waals surface area contributed by atoms with E-state index in [2.05, 4.69) is 0 Å². The number of benzene rings is 2. The highest BCUT2D eigenvalue weighted by Crippen LogP contribution is 2.29. The Morgan fingerprint density at radius 2 is 1.77 bits per heavy atom. The number of amides is 1. The van der Waals surface area contributed by atoms with Crippen molar-refractivity contribution in [2.24, 2.45) is 0 Å². The van der Waals surface area contributed by atoms with Crippen molar-refractivity contribution in [1.29, 1.82) is 0 Å². The van der Waals surface area contributed by atoms with Crippen molar-refractivity contribution in [3.8, 4) is 0 Å². The summed E-state index contributed by atoms with van der Waals surface area (Å²) in [6.07, 6.45) is 4.87. The molecule has 0 atom stereocenters. The zero-order valence-corrected chi connectivity index (χ0v) is 17.4.